The number of aryl methyl sites for hydroxylation is 1. The molecule has 0 aliphatic carbocycles. The monoisotopic (exact) mass is 359 g/mol. The predicted octanol–water partition coefficient (Wildman–Crippen LogP) is 2.48. The maximum absolute atomic E-state index is 13.6. The molecule has 26 heavy (non-hydrogen) atoms. The smallest absolute Gasteiger partial charge is 0.227 e. The van der Waals surface area contributed by atoms with Gasteiger partial charge in [-0.3, -0.25) is 9.69 Å². The van der Waals surface area contributed by atoms with Crippen molar-refractivity contribution < 1.29 is 13.9 Å². The molecule has 0 spiro atoms. The third-order valence-electron chi connectivity index (χ3n) is 5.62. The van der Waals surface area contributed by atoms with E-state index in [9.17, 15) is 9.18 Å². The van der Waals surface area contributed by atoms with Crippen molar-refractivity contribution >= 4 is 16.8 Å². The molecule has 4 rings (SSSR count). The lowest BCUT2D eigenvalue weighted by Crippen LogP contribution is -2.50. The van der Waals surface area contributed by atoms with Crippen LogP contribution in [0.1, 0.15) is 24.1 Å². The number of carbonyl (C=O) groups excluding carboxylic acids is 1. The van der Waals surface area contributed by atoms with E-state index in [4.69, 9.17) is 4.74 Å². The summed E-state index contributed by atoms with van der Waals surface area (Å²) in [6.45, 7) is 7.10. The molecule has 1 N–H and O–H groups in total. The summed E-state index contributed by atoms with van der Waals surface area (Å²) in [4.78, 5) is 20.4. The average Bonchev–Trinajstić information content (AvgIpc) is 3.24. The first-order valence-electron chi connectivity index (χ1n) is 9.48. The fourth-order valence-corrected chi connectivity index (χ4v) is 4.10. The maximum Gasteiger partial charge on any atom is 0.227 e. The fourth-order valence-electron chi connectivity index (χ4n) is 4.10. The Morgan fingerprint density at radius 1 is 1.31 bits per heavy atom. The van der Waals surface area contributed by atoms with E-state index >= 15 is 0 Å². The van der Waals surface area contributed by atoms with E-state index in [1.54, 1.807) is 6.07 Å². The second-order valence-corrected chi connectivity index (χ2v) is 7.41. The number of aromatic amines is 1. The lowest BCUT2D eigenvalue weighted by atomic mass is 10.1. The molecule has 2 aliphatic heterocycles. The summed E-state index contributed by atoms with van der Waals surface area (Å²) in [6, 6.07) is 4.69. The molecule has 6 heteroatoms. The Kier molecular flexibility index (Phi) is 4.96. The highest BCUT2D eigenvalue weighted by atomic mass is 19.1. The first kappa shape index (κ1) is 17.5. The Morgan fingerprint density at radius 2 is 2.12 bits per heavy atom. The molecule has 2 aliphatic rings. The topological polar surface area (TPSA) is 48.6 Å². The highest BCUT2D eigenvalue weighted by Crippen LogP contribution is 2.24. The summed E-state index contributed by atoms with van der Waals surface area (Å²) < 4.78 is 19.3. The Bertz CT molecular complexity index is 790. The van der Waals surface area contributed by atoms with Gasteiger partial charge in [-0.05, 0) is 43.5 Å². The number of hydrogen-bond donors (Lipinski definition) is 1. The number of benzene rings is 1. The van der Waals surface area contributed by atoms with Crippen LogP contribution in [0.2, 0.25) is 0 Å². The van der Waals surface area contributed by atoms with E-state index < -0.39 is 0 Å². The normalized spacial score (nSPS) is 21.6. The quantitative estimate of drug-likeness (QED) is 0.912. The van der Waals surface area contributed by atoms with Crippen molar-refractivity contribution in [3.63, 3.8) is 0 Å². The van der Waals surface area contributed by atoms with Gasteiger partial charge in [0.05, 0.1) is 12.5 Å². The third-order valence-corrected chi connectivity index (χ3v) is 5.62. The molecule has 5 nitrogen and oxygen atoms in total. The molecule has 1 amide bonds. The van der Waals surface area contributed by atoms with Crippen LogP contribution in [0.15, 0.2) is 18.2 Å². The number of piperazine rings is 1. The van der Waals surface area contributed by atoms with Crippen molar-refractivity contribution in [2.24, 2.45) is 0 Å². The molecule has 1 aromatic heterocycles. The van der Waals surface area contributed by atoms with Crippen molar-refractivity contribution in [2.75, 3.05) is 39.3 Å². The number of amides is 1. The number of nitrogens with one attached hydrogen (secondary N) is 1. The maximum atomic E-state index is 13.6. The van der Waals surface area contributed by atoms with Crippen LogP contribution in [0.25, 0.3) is 10.9 Å². The number of ether oxygens (including phenoxy) is 1. The van der Waals surface area contributed by atoms with Crippen molar-refractivity contribution in [1.82, 2.24) is 14.8 Å². The van der Waals surface area contributed by atoms with Gasteiger partial charge in [-0.25, -0.2) is 4.39 Å². The largest absolute Gasteiger partial charge is 0.377 e. The second kappa shape index (κ2) is 7.37. The molecule has 2 fully saturated rings. The molecule has 2 saturated heterocycles. The number of carbonyl (C=O) groups is 1. The van der Waals surface area contributed by atoms with E-state index in [0.717, 1.165) is 74.3 Å². The highest BCUT2D eigenvalue weighted by molar-refractivity contribution is 5.90. The average molecular weight is 359 g/mol. The molecular weight excluding hydrogens is 333 g/mol. The van der Waals surface area contributed by atoms with Gasteiger partial charge in [0, 0.05) is 55.9 Å². The Morgan fingerprint density at radius 3 is 2.85 bits per heavy atom. The number of rotatable bonds is 4. The second-order valence-electron chi connectivity index (χ2n) is 7.41. The molecule has 0 saturated carbocycles. The van der Waals surface area contributed by atoms with Crippen LogP contribution in [0.4, 0.5) is 4.39 Å². The minimum absolute atomic E-state index is 0.120. The number of fused-ring (bicyclic) bond motifs is 1. The zero-order valence-corrected chi connectivity index (χ0v) is 15.3. The minimum atomic E-state index is -0.270. The van der Waals surface area contributed by atoms with Crippen LogP contribution in [0.5, 0.6) is 0 Å². The SMILES string of the molecule is Cc1[nH]c2ccc(F)cc2c1CC(=O)N1CCN(CC2CCCO2)CC1. The number of halogens is 1. The Balaban J connectivity index is 1.37. The van der Waals surface area contributed by atoms with E-state index in [2.05, 4.69) is 9.88 Å². The highest BCUT2D eigenvalue weighted by Gasteiger charge is 2.25. The third kappa shape index (κ3) is 3.62. The molecule has 3 heterocycles. The number of aromatic nitrogens is 1. The zero-order chi connectivity index (χ0) is 18.1. The van der Waals surface area contributed by atoms with Crippen LogP contribution in [-0.2, 0) is 16.0 Å². The van der Waals surface area contributed by atoms with Crippen LogP contribution >= 0.6 is 0 Å². The molecule has 2 aromatic rings. The van der Waals surface area contributed by atoms with Gasteiger partial charge >= 0.3 is 0 Å². The van der Waals surface area contributed by atoms with Crippen LogP contribution < -0.4 is 0 Å². The molecular formula is C20H26FN3O2. The van der Waals surface area contributed by atoms with Gasteiger partial charge in [-0.2, -0.15) is 0 Å². The molecule has 0 radical (unpaired) electrons. The van der Waals surface area contributed by atoms with Gasteiger partial charge in [0.15, 0.2) is 0 Å². The standard InChI is InChI=1S/C20H26FN3O2/c1-14-17(18-11-15(21)4-5-19(18)22-14)12-20(25)24-8-6-23(7-9-24)13-16-3-2-10-26-16/h4-5,11,16,22H,2-3,6-10,12-13H2,1H3. The number of hydrogen-bond acceptors (Lipinski definition) is 3. The van der Waals surface area contributed by atoms with E-state index in [1.165, 1.54) is 12.1 Å². The first-order chi connectivity index (χ1) is 12.6. The summed E-state index contributed by atoms with van der Waals surface area (Å²) >= 11 is 0. The lowest BCUT2D eigenvalue weighted by molar-refractivity contribution is -0.132. The van der Waals surface area contributed by atoms with Gasteiger partial charge in [0.25, 0.3) is 0 Å². The molecule has 1 unspecified atom stereocenters. The van der Waals surface area contributed by atoms with E-state index in [-0.39, 0.29) is 11.7 Å². The van der Waals surface area contributed by atoms with E-state index in [1.807, 2.05) is 11.8 Å². The van der Waals surface area contributed by atoms with Gasteiger partial charge in [0.2, 0.25) is 5.91 Å². The summed E-state index contributed by atoms with van der Waals surface area (Å²) in [7, 11) is 0. The molecule has 140 valence electrons. The van der Waals surface area contributed by atoms with E-state index in [0.29, 0.717) is 12.5 Å². The molecule has 0 bridgehead atoms. The van der Waals surface area contributed by atoms with Crippen molar-refractivity contribution in [3.05, 3.63) is 35.3 Å². The summed E-state index contributed by atoms with van der Waals surface area (Å²) in [5, 5.41) is 0.813. The van der Waals surface area contributed by atoms with Crippen LogP contribution in [0, 0.1) is 12.7 Å². The Hall–Kier alpha value is -1.92. The van der Waals surface area contributed by atoms with Gasteiger partial charge in [0.1, 0.15) is 5.82 Å². The molecule has 1 aromatic carbocycles. The Labute approximate surface area is 153 Å². The fraction of sp³-hybridized carbons (Fsp3) is 0.550. The lowest BCUT2D eigenvalue weighted by Gasteiger charge is -2.35. The number of nitrogens with zero attached hydrogens (tertiary/aromatic N) is 2. The summed E-state index contributed by atoms with van der Waals surface area (Å²) in [5.74, 6) is -0.150. The summed E-state index contributed by atoms with van der Waals surface area (Å²) in [5.41, 5.74) is 2.73. The molecule has 1 atom stereocenters. The minimum Gasteiger partial charge on any atom is -0.377 e. The predicted molar refractivity (Wildman–Crippen MR) is 98.7 cm³/mol. The van der Waals surface area contributed by atoms with Crippen molar-refractivity contribution in [3.8, 4) is 0 Å². The van der Waals surface area contributed by atoms with Crippen LogP contribution in [-0.4, -0.2) is 66.1 Å². The van der Waals surface area contributed by atoms with Gasteiger partial charge in [-0.1, -0.05) is 0 Å². The first-order valence-corrected chi connectivity index (χ1v) is 9.48. The number of H-pyrrole nitrogens is 1. The van der Waals surface area contributed by atoms with Gasteiger partial charge < -0.3 is 14.6 Å². The van der Waals surface area contributed by atoms with Crippen molar-refractivity contribution in [1.29, 1.82) is 0 Å². The zero-order valence-electron chi connectivity index (χ0n) is 15.3. The van der Waals surface area contributed by atoms with Crippen LogP contribution in [0.3, 0.4) is 0 Å². The van der Waals surface area contributed by atoms with Crippen molar-refractivity contribution in [2.45, 2.75) is 32.3 Å². The summed E-state index contributed by atoms with van der Waals surface area (Å²) in [6.07, 6.45) is 2.99. The van der Waals surface area contributed by atoms with Gasteiger partial charge in [-0.15, -0.1) is 0 Å².